The summed E-state index contributed by atoms with van der Waals surface area (Å²) in [6.07, 6.45) is -3.63. The Morgan fingerprint density at radius 1 is 1.07 bits per heavy atom. The van der Waals surface area contributed by atoms with E-state index in [4.69, 9.17) is 0 Å². The van der Waals surface area contributed by atoms with Gasteiger partial charge in [-0.1, -0.05) is 19.1 Å². The average Bonchev–Trinajstić information content (AvgIpc) is 2.70. The van der Waals surface area contributed by atoms with Crippen LogP contribution in [-0.2, 0) is 19.1 Å². The lowest BCUT2D eigenvalue weighted by molar-refractivity contribution is -0.138. The lowest BCUT2D eigenvalue weighted by Crippen LogP contribution is -2.44. The van der Waals surface area contributed by atoms with Crippen molar-refractivity contribution in [3.63, 3.8) is 0 Å². The van der Waals surface area contributed by atoms with Gasteiger partial charge in [-0.25, -0.2) is 0 Å². The number of carbonyl (C=O) groups excluding carboxylic acids is 1. The van der Waals surface area contributed by atoms with Crippen molar-refractivity contribution < 1.29 is 18.0 Å². The van der Waals surface area contributed by atoms with Gasteiger partial charge in [-0.05, 0) is 71.5 Å². The van der Waals surface area contributed by atoms with Gasteiger partial charge in [0.25, 0.3) is 5.91 Å². The Morgan fingerprint density at radius 2 is 1.73 bits per heavy atom. The molecule has 30 heavy (non-hydrogen) atoms. The van der Waals surface area contributed by atoms with Crippen molar-refractivity contribution in [3.05, 3.63) is 62.2 Å². The maximum Gasteiger partial charge on any atom is 0.416 e. The summed E-state index contributed by atoms with van der Waals surface area (Å²) in [5.74, 6) is -0.421. The van der Waals surface area contributed by atoms with Gasteiger partial charge in [0.2, 0.25) is 0 Å². The zero-order valence-corrected chi connectivity index (χ0v) is 19.2. The van der Waals surface area contributed by atoms with Gasteiger partial charge in [0.15, 0.2) is 0 Å². The summed E-state index contributed by atoms with van der Waals surface area (Å²) in [6.45, 7) is 5.42. The number of carbonyl (C=O) groups is 1. The molecule has 0 aromatic heterocycles. The highest BCUT2D eigenvalue weighted by Crippen LogP contribution is 2.34. The number of amides is 1. The standard InChI is InChI=1S/C22H25F3IN3O/c1-3-15-4-5-16(12-20(15)26)21(30)27-18-7-6-17(19(13-18)22(23,24)25)14-29-10-8-28(2)9-11-29/h4-7,12-13H,3,8-11,14H2,1-2H3,(H,27,30). The number of likely N-dealkylation sites (N-methyl/N-ethyl adjacent to an activating group) is 1. The van der Waals surface area contributed by atoms with Crippen LogP contribution in [0.1, 0.15) is 34.0 Å². The van der Waals surface area contributed by atoms with Crippen LogP contribution >= 0.6 is 22.6 Å². The molecule has 1 heterocycles. The van der Waals surface area contributed by atoms with E-state index in [0.29, 0.717) is 5.56 Å². The highest BCUT2D eigenvalue weighted by atomic mass is 127. The molecule has 8 heteroatoms. The number of aryl methyl sites for hydroxylation is 1. The second kappa shape index (κ2) is 9.65. The van der Waals surface area contributed by atoms with E-state index in [-0.39, 0.29) is 17.8 Å². The number of nitrogens with zero attached hydrogens (tertiary/aromatic N) is 2. The Bertz CT molecular complexity index is 909. The van der Waals surface area contributed by atoms with Crippen LogP contribution in [0.5, 0.6) is 0 Å². The molecule has 2 aromatic rings. The number of anilines is 1. The molecule has 0 aliphatic carbocycles. The Labute approximate surface area is 188 Å². The maximum atomic E-state index is 13.7. The molecule has 2 aromatic carbocycles. The normalized spacial score (nSPS) is 15.9. The SMILES string of the molecule is CCc1ccc(C(=O)Nc2ccc(CN3CCN(C)CC3)c(C(F)(F)F)c2)cc1I. The molecule has 4 nitrogen and oxygen atoms in total. The summed E-state index contributed by atoms with van der Waals surface area (Å²) in [4.78, 5) is 16.7. The summed E-state index contributed by atoms with van der Waals surface area (Å²) in [7, 11) is 2.01. The molecular formula is C22H25F3IN3O. The Hall–Kier alpha value is -1.65. The number of halogens is 4. The van der Waals surface area contributed by atoms with Crippen LogP contribution in [-0.4, -0.2) is 48.9 Å². The van der Waals surface area contributed by atoms with Gasteiger partial charge < -0.3 is 10.2 Å². The van der Waals surface area contributed by atoms with Crippen LogP contribution in [0.4, 0.5) is 18.9 Å². The fourth-order valence-corrected chi connectivity index (χ4v) is 4.38. The van der Waals surface area contributed by atoms with E-state index in [1.54, 1.807) is 18.2 Å². The number of piperazine rings is 1. The summed E-state index contributed by atoms with van der Waals surface area (Å²) in [5, 5.41) is 2.61. The minimum Gasteiger partial charge on any atom is -0.322 e. The van der Waals surface area contributed by atoms with Gasteiger partial charge in [0, 0.05) is 47.5 Å². The number of alkyl halides is 3. The molecule has 162 valence electrons. The van der Waals surface area contributed by atoms with E-state index in [9.17, 15) is 18.0 Å². The average molecular weight is 531 g/mol. The van der Waals surface area contributed by atoms with Crippen LogP contribution in [0.2, 0.25) is 0 Å². The van der Waals surface area contributed by atoms with E-state index >= 15 is 0 Å². The lowest BCUT2D eigenvalue weighted by atomic mass is 10.0. The largest absolute Gasteiger partial charge is 0.416 e. The summed E-state index contributed by atoms with van der Waals surface area (Å²) < 4.78 is 42.1. The number of nitrogens with one attached hydrogen (secondary N) is 1. The van der Waals surface area contributed by atoms with Gasteiger partial charge in [0.05, 0.1) is 5.56 Å². The van der Waals surface area contributed by atoms with Crippen LogP contribution in [0.3, 0.4) is 0 Å². The number of benzene rings is 2. The molecule has 1 N–H and O–H groups in total. The molecule has 1 amide bonds. The van der Waals surface area contributed by atoms with Gasteiger partial charge in [-0.3, -0.25) is 9.69 Å². The molecule has 3 rings (SSSR count). The Morgan fingerprint density at radius 3 is 2.33 bits per heavy atom. The first-order valence-corrected chi connectivity index (χ1v) is 11.0. The van der Waals surface area contributed by atoms with Crippen LogP contribution in [0.15, 0.2) is 36.4 Å². The first kappa shape index (κ1) is 23.0. The highest BCUT2D eigenvalue weighted by Gasteiger charge is 2.34. The monoisotopic (exact) mass is 531 g/mol. The smallest absolute Gasteiger partial charge is 0.322 e. The molecule has 1 fully saturated rings. The fraction of sp³-hybridized carbons (Fsp3) is 0.409. The molecule has 1 aliphatic rings. The second-order valence-corrected chi connectivity index (χ2v) is 8.73. The second-order valence-electron chi connectivity index (χ2n) is 7.56. The fourth-order valence-electron chi connectivity index (χ4n) is 3.48. The third-order valence-corrected chi connectivity index (χ3v) is 6.36. The molecular weight excluding hydrogens is 506 g/mol. The van der Waals surface area contributed by atoms with E-state index in [1.807, 2.05) is 24.9 Å². The van der Waals surface area contributed by atoms with Crippen molar-refractivity contribution in [3.8, 4) is 0 Å². The third-order valence-electron chi connectivity index (χ3n) is 5.36. The predicted octanol–water partition coefficient (Wildman–Crippen LogP) is 4.87. The van der Waals surface area contributed by atoms with Gasteiger partial charge in [-0.2, -0.15) is 13.2 Å². The van der Waals surface area contributed by atoms with E-state index in [0.717, 1.165) is 47.8 Å². The van der Waals surface area contributed by atoms with E-state index in [2.05, 4.69) is 32.8 Å². The lowest BCUT2D eigenvalue weighted by Gasteiger charge is -2.33. The Balaban J connectivity index is 1.79. The molecule has 0 saturated carbocycles. The molecule has 0 spiro atoms. The van der Waals surface area contributed by atoms with Gasteiger partial charge in [0.1, 0.15) is 0 Å². The molecule has 0 atom stereocenters. The number of rotatable bonds is 5. The van der Waals surface area contributed by atoms with Crippen molar-refractivity contribution >= 4 is 34.2 Å². The van der Waals surface area contributed by atoms with Crippen molar-refractivity contribution in [1.82, 2.24) is 9.80 Å². The molecule has 0 unspecified atom stereocenters. The van der Waals surface area contributed by atoms with Crippen molar-refractivity contribution in [2.24, 2.45) is 0 Å². The van der Waals surface area contributed by atoms with Gasteiger partial charge in [-0.15, -0.1) is 0 Å². The predicted molar refractivity (Wildman–Crippen MR) is 121 cm³/mol. The highest BCUT2D eigenvalue weighted by molar-refractivity contribution is 14.1. The van der Waals surface area contributed by atoms with Crippen LogP contribution in [0.25, 0.3) is 0 Å². The minimum absolute atomic E-state index is 0.143. The third kappa shape index (κ3) is 5.73. The van der Waals surface area contributed by atoms with Crippen LogP contribution in [0, 0.1) is 3.57 Å². The molecule has 1 saturated heterocycles. The Kier molecular flexibility index (Phi) is 7.41. The van der Waals surface area contributed by atoms with Gasteiger partial charge >= 0.3 is 6.18 Å². The summed E-state index contributed by atoms with van der Waals surface area (Å²) in [5.41, 5.74) is 1.22. The van der Waals surface area contributed by atoms with Crippen molar-refractivity contribution in [1.29, 1.82) is 0 Å². The topological polar surface area (TPSA) is 35.6 Å². The summed E-state index contributed by atoms with van der Waals surface area (Å²) >= 11 is 2.16. The molecule has 0 radical (unpaired) electrons. The maximum absolute atomic E-state index is 13.7. The zero-order chi connectivity index (χ0) is 21.9. The first-order valence-electron chi connectivity index (χ1n) is 9.88. The molecule has 0 bridgehead atoms. The van der Waals surface area contributed by atoms with Crippen LogP contribution < -0.4 is 5.32 Å². The quantitative estimate of drug-likeness (QED) is 0.560. The number of hydrogen-bond acceptors (Lipinski definition) is 3. The van der Waals surface area contributed by atoms with Crippen molar-refractivity contribution in [2.45, 2.75) is 26.1 Å². The minimum atomic E-state index is -4.49. The summed E-state index contributed by atoms with van der Waals surface area (Å²) in [6, 6.07) is 9.38. The first-order chi connectivity index (χ1) is 14.2. The molecule has 1 aliphatic heterocycles. The van der Waals surface area contributed by atoms with E-state index < -0.39 is 17.6 Å². The zero-order valence-electron chi connectivity index (χ0n) is 17.0. The van der Waals surface area contributed by atoms with Crippen molar-refractivity contribution in [2.75, 3.05) is 38.5 Å². The van der Waals surface area contributed by atoms with E-state index in [1.165, 1.54) is 6.07 Å². The number of hydrogen-bond donors (Lipinski definition) is 1.